The molecule has 0 unspecified atom stereocenters. The van der Waals surface area contributed by atoms with Gasteiger partial charge in [-0.05, 0) is 54.6 Å². The molecule has 0 bridgehead atoms. The summed E-state index contributed by atoms with van der Waals surface area (Å²) >= 11 is 1.08. The van der Waals surface area contributed by atoms with Gasteiger partial charge in [0.15, 0.2) is 10.9 Å². The van der Waals surface area contributed by atoms with Gasteiger partial charge in [0, 0.05) is 12.6 Å². The number of likely N-dealkylation sites (N-methyl/N-ethyl adjacent to an activating group) is 1. The molecule has 0 spiro atoms. The van der Waals surface area contributed by atoms with E-state index in [0.29, 0.717) is 27.9 Å². The first-order valence-electron chi connectivity index (χ1n) is 8.41. The van der Waals surface area contributed by atoms with Crippen molar-refractivity contribution in [2.24, 2.45) is 4.99 Å². The highest BCUT2D eigenvalue weighted by Gasteiger charge is 2.32. The number of carbonyl (C=O) groups is 2. The molecule has 1 aliphatic rings. The van der Waals surface area contributed by atoms with Gasteiger partial charge in [0.05, 0.1) is 21.1 Å². The normalized spacial score (nSPS) is 16.6. The Kier molecular flexibility index (Phi) is 5.64. The quantitative estimate of drug-likeness (QED) is 0.434. The predicted molar refractivity (Wildman–Crippen MR) is 108 cm³/mol. The summed E-state index contributed by atoms with van der Waals surface area (Å²) in [6.07, 6.45) is 1.48. The van der Waals surface area contributed by atoms with E-state index < -0.39 is 22.3 Å². The number of nitro groups is 1. The number of aromatic carboxylic acids is 1. The lowest BCUT2D eigenvalue weighted by Crippen LogP contribution is -2.28. The number of amidine groups is 1. The number of hydrogen-bond donors (Lipinski definition) is 2. The summed E-state index contributed by atoms with van der Waals surface area (Å²) < 4.78 is 0. The number of aliphatic imine (C=N–C) groups is 1. The van der Waals surface area contributed by atoms with E-state index >= 15 is 0 Å². The van der Waals surface area contributed by atoms with Crippen LogP contribution in [-0.2, 0) is 4.79 Å². The second kappa shape index (κ2) is 8.15. The molecule has 1 fully saturated rings. The van der Waals surface area contributed by atoms with Crippen LogP contribution in [0.3, 0.4) is 0 Å². The number of hydrogen-bond acceptors (Lipinski definition) is 7. The van der Waals surface area contributed by atoms with Crippen molar-refractivity contribution in [3.8, 4) is 5.75 Å². The zero-order valence-electron chi connectivity index (χ0n) is 15.1. The van der Waals surface area contributed by atoms with E-state index in [4.69, 9.17) is 5.11 Å². The molecule has 1 amide bonds. The van der Waals surface area contributed by atoms with Gasteiger partial charge in [-0.2, -0.15) is 0 Å². The number of phenolic OH excluding ortho intramolecular Hbond substituents is 1. The van der Waals surface area contributed by atoms with E-state index in [1.807, 2.05) is 0 Å². The van der Waals surface area contributed by atoms with Gasteiger partial charge in [-0.25, -0.2) is 9.79 Å². The molecule has 1 saturated heterocycles. The van der Waals surface area contributed by atoms with Gasteiger partial charge in [-0.15, -0.1) is 0 Å². The Bertz CT molecular complexity index is 1080. The standard InChI is InChI=1S/C19H15N3O6S/c1-2-21-17(24)16(9-11-6-7-15(23)14(8-11)22(27)28)29-19(21)20-13-5-3-4-12(10-13)18(25)26/h3-10,23H,2H2,1H3,(H,25,26)/b16-9-,20-19?. The summed E-state index contributed by atoms with van der Waals surface area (Å²) in [4.78, 5) is 40.2. The molecular formula is C19H15N3O6S. The van der Waals surface area contributed by atoms with Crippen molar-refractivity contribution in [2.45, 2.75) is 6.92 Å². The van der Waals surface area contributed by atoms with Crippen molar-refractivity contribution >= 4 is 46.3 Å². The maximum Gasteiger partial charge on any atom is 0.335 e. The van der Waals surface area contributed by atoms with Crippen LogP contribution in [0.1, 0.15) is 22.8 Å². The number of rotatable bonds is 5. The number of carboxylic acid groups (broad SMARTS) is 1. The molecule has 0 radical (unpaired) electrons. The summed E-state index contributed by atoms with van der Waals surface area (Å²) in [5.41, 5.74) is 0.397. The van der Waals surface area contributed by atoms with Gasteiger partial charge in [-0.1, -0.05) is 12.1 Å². The lowest BCUT2D eigenvalue weighted by atomic mass is 10.1. The number of benzene rings is 2. The fraction of sp³-hybridized carbons (Fsp3) is 0.105. The Labute approximate surface area is 169 Å². The fourth-order valence-corrected chi connectivity index (χ4v) is 3.68. The van der Waals surface area contributed by atoms with Gasteiger partial charge in [-0.3, -0.25) is 19.8 Å². The molecule has 9 nitrogen and oxygen atoms in total. The van der Waals surface area contributed by atoms with E-state index in [9.17, 15) is 24.8 Å². The Balaban J connectivity index is 1.96. The van der Waals surface area contributed by atoms with Crippen molar-refractivity contribution in [2.75, 3.05) is 6.54 Å². The summed E-state index contributed by atoms with van der Waals surface area (Å²) in [5, 5.41) is 30.0. The highest BCUT2D eigenvalue weighted by Crippen LogP contribution is 2.35. The molecule has 10 heteroatoms. The molecular weight excluding hydrogens is 398 g/mol. The van der Waals surface area contributed by atoms with Crippen LogP contribution in [0.2, 0.25) is 0 Å². The van der Waals surface area contributed by atoms with Crippen LogP contribution in [-0.4, -0.2) is 43.6 Å². The Morgan fingerprint density at radius 1 is 1.31 bits per heavy atom. The second-order valence-corrected chi connectivity index (χ2v) is 6.92. The lowest BCUT2D eigenvalue weighted by molar-refractivity contribution is -0.385. The molecule has 0 saturated carbocycles. The number of nitro benzene ring substituents is 1. The van der Waals surface area contributed by atoms with E-state index in [-0.39, 0.29) is 11.5 Å². The van der Waals surface area contributed by atoms with E-state index in [1.165, 1.54) is 41.3 Å². The van der Waals surface area contributed by atoms with Crippen molar-refractivity contribution in [3.63, 3.8) is 0 Å². The average molecular weight is 413 g/mol. The van der Waals surface area contributed by atoms with Crippen LogP contribution >= 0.6 is 11.8 Å². The molecule has 0 atom stereocenters. The van der Waals surface area contributed by atoms with Crippen LogP contribution in [0.4, 0.5) is 11.4 Å². The maximum absolute atomic E-state index is 12.7. The summed E-state index contributed by atoms with van der Waals surface area (Å²) in [6.45, 7) is 2.12. The molecule has 0 aliphatic carbocycles. The first-order valence-corrected chi connectivity index (χ1v) is 9.22. The number of carboxylic acids is 1. The molecule has 29 heavy (non-hydrogen) atoms. The number of amides is 1. The van der Waals surface area contributed by atoms with Crippen molar-refractivity contribution < 1.29 is 24.7 Å². The van der Waals surface area contributed by atoms with Crippen molar-refractivity contribution in [1.29, 1.82) is 0 Å². The Hall–Kier alpha value is -3.66. The van der Waals surface area contributed by atoms with Crippen LogP contribution in [0, 0.1) is 10.1 Å². The third-order valence-corrected chi connectivity index (χ3v) is 5.02. The molecule has 2 aromatic carbocycles. The predicted octanol–water partition coefficient (Wildman–Crippen LogP) is 3.62. The average Bonchev–Trinajstić information content (AvgIpc) is 2.97. The maximum atomic E-state index is 12.7. The highest BCUT2D eigenvalue weighted by molar-refractivity contribution is 8.18. The number of nitrogens with zero attached hydrogens (tertiary/aromatic N) is 3. The molecule has 0 aromatic heterocycles. The van der Waals surface area contributed by atoms with Crippen molar-refractivity contribution in [3.05, 3.63) is 68.6 Å². The fourth-order valence-electron chi connectivity index (χ4n) is 2.62. The first-order chi connectivity index (χ1) is 13.8. The lowest BCUT2D eigenvalue weighted by Gasteiger charge is -2.12. The summed E-state index contributed by atoms with van der Waals surface area (Å²) in [5.74, 6) is -1.86. The van der Waals surface area contributed by atoms with E-state index in [1.54, 1.807) is 19.1 Å². The SMILES string of the molecule is CCN1C(=O)/C(=C/c2ccc(O)c([N+](=O)[O-])c2)SC1=Nc1cccc(C(=O)O)c1. The smallest absolute Gasteiger partial charge is 0.335 e. The molecule has 1 aliphatic heterocycles. The topological polar surface area (TPSA) is 133 Å². The van der Waals surface area contributed by atoms with Gasteiger partial charge >= 0.3 is 11.7 Å². The summed E-state index contributed by atoms with van der Waals surface area (Å²) in [6, 6.07) is 9.87. The zero-order valence-corrected chi connectivity index (χ0v) is 15.9. The van der Waals surface area contributed by atoms with Gasteiger partial charge in [0.25, 0.3) is 5.91 Å². The zero-order chi connectivity index (χ0) is 21.1. The highest BCUT2D eigenvalue weighted by atomic mass is 32.2. The summed E-state index contributed by atoms with van der Waals surface area (Å²) in [7, 11) is 0. The number of carbonyl (C=O) groups excluding carboxylic acids is 1. The second-order valence-electron chi connectivity index (χ2n) is 5.92. The van der Waals surface area contributed by atoms with Crippen LogP contribution in [0.25, 0.3) is 6.08 Å². The third-order valence-electron chi connectivity index (χ3n) is 4.02. The van der Waals surface area contributed by atoms with Crippen LogP contribution < -0.4 is 0 Å². The largest absolute Gasteiger partial charge is 0.502 e. The third kappa shape index (κ3) is 4.27. The number of aromatic hydroxyl groups is 1. The van der Waals surface area contributed by atoms with Crippen molar-refractivity contribution in [1.82, 2.24) is 4.90 Å². The first kappa shape index (κ1) is 20.1. The molecule has 3 rings (SSSR count). The Morgan fingerprint density at radius 2 is 2.07 bits per heavy atom. The van der Waals surface area contributed by atoms with E-state index in [0.717, 1.165) is 11.8 Å². The van der Waals surface area contributed by atoms with Gasteiger partial charge < -0.3 is 10.2 Å². The van der Waals surface area contributed by atoms with E-state index in [2.05, 4.69) is 4.99 Å². The number of phenols is 1. The molecule has 148 valence electrons. The molecule has 1 heterocycles. The monoisotopic (exact) mass is 413 g/mol. The van der Waals surface area contributed by atoms with Crippen LogP contribution in [0.15, 0.2) is 52.4 Å². The molecule has 2 aromatic rings. The minimum absolute atomic E-state index is 0.0800. The minimum atomic E-state index is -1.08. The molecule has 2 N–H and O–H groups in total. The number of thioether (sulfide) groups is 1. The Morgan fingerprint density at radius 3 is 2.72 bits per heavy atom. The van der Waals surface area contributed by atoms with Gasteiger partial charge in [0.2, 0.25) is 0 Å². The minimum Gasteiger partial charge on any atom is -0.502 e. The van der Waals surface area contributed by atoms with Gasteiger partial charge in [0.1, 0.15) is 0 Å². The van der Waals surface area contributed by atoms with Crippen LogP contribution in [0.5, 0.6) is 5.75 Å².